The third kappa shape index (κ3) is 2.87. The van der Waals surface area contributed by atoms with Crippen molar-refractivity contribution < 1.29 is 13.9 Å². The molecule has 1 N–H and O–H groups in total. The molecule has 0 bridgehead atoms. The van der Waals surface area contributed by atoms with Crippen molar-refractivity contribution in [1.82, 2.24) is 4.90 Å². The van der Waals surface area contributed by atoms with E-state index in [0.717, 1.165) is 31.5 Å². The monoisotopic (exact) mass is 255 g/mol. The van der Waals surface area contributed by atoms with Gasteiger partial charge in [-0.05, 0) is 51.4 Å². The molecular formula is C14H19F2NO. The zero-order chi connectivity index (χ0) is 13.3. The van der Waals surface area contributed by atoms with E-state index < -0.39 is 17.2 Å². The molecule has 0 spiro atoms. The Morgan fingerprint density at radius 1 is 1.39 bits per heavy atom. The number of hydrogen-bond acceptors (Lipinski definition) is 2. The second kappa shape index (κ2) is 4.94. The number of nitrogens with zero attached hydrogens (tertiary/aromatic N) is 1. The molecule has 1 fully saturated rings. The molecule has 0 unspecified atom stereocenters. The minimum atomic E-state index is -0.819. The van der Waals surface area contributed by atoms with Crippen LogP contribution in [0.5, 0.6) is 0 Å². The fraction of sp³-hybridized carbons (Fsp3) is 0.571. The molecule has 100 valence electrons. The van der Waals surface area contributed by atoms with Crippen molar-refractivity contribution in [2.24, 2.45) is 0 Å². The molecule has 2 rings (SSSR count). The Balaban J connectivity index is 2.15. The second-order valence-electron chi connectivity index (χ2n) is 5.52. The normalized spacial score (nSPS) is 21.5. The van der Waals surface area contributed by atoms with Gasteiger partial charge in [-0.1, -0.05) is 0 Å². The summed E-state index contributed by atoms with van der Waals surface area (Å²) < 4.78 is 26.7. The van der Waals surface area contributed by atoms with Crippen LogP contribution in [0.25, 0.3) is 0 Å². The average Bonchev–Trinajstić information content (AvgIpc) is 2.71. The summed E-state index contributed by atoms with van der Waals surface area (Å²) in [6.07, 6.45) is 1.87. The molecule has 1 aromatic carbocycles. The Labute approximate surface area is 106 Å². The lowest BCUT2D eigenvalue weighted by Gasteiger charge is -2.33. The fourth-order valence-electron chi connectivity index (χ4n) is 2.70. The zero-order valence-corrected chi connectivity index (χ0v) is 10.8. The van der Waals surface area contributed by atoms with Crippen molar-refractivity contribution in [3.8, 4) is 0 Å². The number of benzene rings is 1. The van der Waals surface area contributed by atoms with Gasteiger partial charge in [0.1, 0.15) is 11.6 Å². The molecule has 1 aliphatic heterocycles. The van der Waals surface area contributed by atoms with Gasteiger partial charge in [0.25, 0.3) is 0 Å². The van der Waals surface area contributed by atoms with Crippen LogP contribution in [0, 0.1) is 11.6 Å². The first kappa shape index (κ1) is 13.4. The van der Waals surface area contributed by atoms with E-state index in [1.165, 1.54) is 6.07 Å². The molecule has 1 aromatic rings. The number of likely N-dealkylation sites (tertiary alicyclic amines) is 1. The highest BCUT2D eigenvalue weighted by molar-refractivity contribution is 5.19. The Morgan fingerprint density at radius 2 is 2.11 bits per heavy atom. The zero-order valence-electron chi connectivity index (χ0n) is 10.8. The van der Waals surface area contributed by atoms with Crippen LogP contribution in [0.4, 0.5) is 8.78 Å². The number of hydrogen-bond donors (Lipinski definition) is 1. The largest absolute Gasteiger partial charge is 0.389 e. The lowest BCUT2D eigenvalue weighted by atomic mass is 9.96. The lowest BCUT2D eigenvalue weighted by Crippen LogP contribution is -2.45. The number of aliphatic hydroxyl groups is 1. The third-order valence-corrected chi connectivity index (χ3v) is 3.56. The van der Waals surface area contributed by atoms with Gasteiger partial charge in [-0.2, -0.15) is 0 Å². The smallest absolute Gasteiger partial charge is 0.127 e. The summed E-state index contributed by atoms with van der Waals surface area (Å²) in [5, 5.41) is 10.1. The van der Waals surface area contributed by atoms with Gasteiger partial charge in [0.15, 0.2) is 0 Å². The van der Waals surface area contributed by atoms with E-state index in [9.17, 15) is 13.9 Å². The SMILES string of the molecule is CC(C)(O)[C@H]1CCCN1Cc1cc(F)ccc1F. The first-order chi connectivity index (χ1) is 8.38. The highest BCUT2D eigenvalue weighted by Gasteiger charge is 2.35. The molecular weight excluding hydrogens is 236 g/mol. The summed E-state index contributed by atoms with van der Waals surface area (Å²) in [5.41, 5.74) is -0.466. The number of halogens is 2. The molecule has 0 radical (unpaired) electrons. The predicted molar refractivity (Wildman–Crippen MR) is 66.1 cm³/mol. The number of rotatable bonds is 3. The average molecular weight is 255 g/mol. The summed E-state index contributed by atoms with van der Waals surface area (Å²) in [6, 6.07) is 3.51. The van der Waals surface area contributed by atoms with Crippen molar-refractivity contribution in [2.45, 2.75) is 44.9 Å². The molecule has 1 aliphatic rings. The molecule has 1 atom stereocenters. The van der Waals surface area contributed by atoms with Gasteiger partial charge in [0, 0.05) is 18.2 Å². The van der Waals surface area contributed by atoms with Gasteiger partial charge in [-0.25, -0.2) is 8.78 Å². The van der Waals surface area contributed by atoms with Gasteiger partial charge in [-0.3, -0.25) is 4.90 Å². The molecule has 0 saturated carbocycles. The van der Waals surface area contributed by atoms with E-state index in [1.807, 2.05) is 4.90 Å². The second-order valence-corrected chi connectivity index (χ2v) is 5.52. The van der Waals surface area contributed by atoms with Crippen LogP contribution in [0.15, 0.2) is 18.2 Å². The Kier molecular flexibility index (Phi) is 3.69. The standard InChI is InChI=1S/C14H19F2NO/c1-14(2,18)13-4-3-7-17(13)9-10-8-11(15)5-6-12(10)16/h5-6,8,13,18H,3-4,7,9H2,1-2H3/t13-/m1/s1. The summed E-state index contributed by atoms with van der Waals surface area (Å²) in [7, 11) is 0. The van der Waals surface area contributed by atoms with Crippen LogP contribution in [0.3, 0.4) is 0 Å². The topological polar surface area (TPSA) is 23.5 Å². The van der Waals surface area contributed by atoms with Crippen LogP contribution in [-0.2, 0) is 6.54 Å². The first-order valence-electron chi connectivity index (χ1n) is 6.28. The molecule has 18 heavy (non-hydrogen) atoms. The van der Waals surface area contributed by atoms with E-state index in [0.29, 0.717) is 12.1 Å². The van der Waals surface area contributed by atoms with E-state index in [1.54, 1.807) is 13.8 Å². The van der Waals surface area contributed by atoms with E-state index >= 15 is 0 Å². The highest BCUT2D eigenvalue weighted by Crippen LogP contribution is 2.28. The molecule has 0 amide bonds. The van der Waals surface area contributed by atoms with Crippen LogP contribution < -0.4 is 0 Å². The van der Waals surface area contributed by atoms with E-state index in [-0.39, 0.29) is 6.04 Å². The summed E-state index contributed by atoms with van der Waals surface area (Å²) in [5.74, 6) is -0.816. The van der Waals surface area contributed by atoms with Crippen molar-refractivity contribution in [3.05, 3.63) is 35.4 Å². The molecule has 1 heterocycles. The lowest BCUT2D eigenvalue weighted by molar-refractivity contribution is -0.00533. The van der Waals surface area contributed by atoms with Crippen LogP contribution in [0.2, 0.25) is 0 Å². The maximum atomic E-state index is 13.6. The Hall–Kier alpha value is -1.00. The van der Waals surface area contributed by atoms with Crippen LogP contribution in [-0.4, -0.2) is 28.2 Å². The molecule has 1 saturated heterocycles. The summed E-state index contributed by atoms with van der Waals surface area (Å²) in [4.78, 5) is 2.03. The van der Waals surface area contributed by atoms with Crippen molar-refractivity contribution >= 4 is 0 Å². The Morgan fingerprint density at radius 3 is 2.78 bits per heavy atom. The highest BCUT2D eigenvalue weighted by atomic mass is 19.1. The molecule has 0 aliphatic carbocycles. The molecule has 0 aromatic heterocycles. The van der Waals surface area contributed by atoms with E-state index in [4.69, 9.17) is 0 Å². The minimum Gasteiger partial charge on any atom is -0.389 e. The van der Waals surface area contributed by atoms with Gasteiger partial charge in [0.05, 0.1) is 5.60 Å². The van der Waals surface area contributed by atoms with Gasteiger partial charge >= 0.3 is 0 Å². The van der Waals surface area contributed by atoms with Gasteiger partial charge in [0.2, 0.25) is 0 Å². The van der Waals surface area contributed by atoms with E-state index in [2.05, 4.69) is 0 Å². The molecule has 2 nitrogen and oxygen atoms in total. The third-order valence-electron chi connectivity index (χ3n) is 3.56. The summed E-state index contributed by atoms with van der Waals surface area (Å²) in [6.45, 7) is 4.68. The minimum absolute atomic E-state index is 0.000155. The maximum absolute atomic E-state index is 13.6. The van der Waals surface area contributed by atoms with Crippen LogP contribution in [0.1, 0.15) is 32.3 Å². The van der Waals surface area contributed by atoms with Crippen molar-refractivity contribution in [3.63, 3.8) is 0 Å². The maximum Gasteiger partial charge on any atom is 0.127 e. The first-order valence-corrected chi connectivity index (χ1v) is 6.28. The molecule has 4 heteroatoms. The van der Waals surface area contributed by atoms with Crippen molar-refractivity contribution in [2.75, 3.05) is 6.54 Å². The van der Waals surface area contributed by atoms with Gasteiger partial charge < -0.3 is 5.11 Å². The van der Waals surface area contributed by atoms with Crippen LogP contribution >= 0.6 is 0 Å². The fourth-order valence-corrected chi connectivity index (χ4v) is 2.70. The quantitative estimate of drug-likeness (QED) is 0.897. The van der Waals surface area contributed by atoms with Crippen molar-refractivity contribution in [1.29, 1.82) is 0 Å². The summed E-state index contributed by atoms with van der Waals surface area (Å²) >= 11 is 0. The van der Waals surface area contributed by atoms with Gasteiger partial charge in [-0.15, -0.1) is 0 Å². The predicted octanol–water partition coefficient (Wildman–Crippen LogP) is 2.70. The Bertz CT molecular complexity index is 428.